The van der Waals surface area contributed by atoms with Gasteiger partial charge in [0, 0.05) is 19.1 Å². The molecule has 17 heavy (non-hydrogen) atoms. The molecule has 2 saturated heterocycles. The fourth-order valence-corrected chi connectivity index (χ4v) is 3.42. The van der Waals surface area contributed by atoms with Crippen LogP contribution in [0.1, 0.15) is 46.5 Å². The third-order valence-electron chi connectivity index (χ3n) is 4.87. The molecule has 2 fully saturated rings. The number of rotatable bonds is 2. The smallest absolute Gasteiger partial charge is 0.0798 e. The van der Waals surface area contributed by atoms with E-state index in [1.807, 2.05) is 6.92 Å². The molecule has 0 amide bonds. The molecule has 0 saturated carbocycles. The standard InChI is InChI=1S/C14H28N2O/c1-4-12-6-5-11(2)16(10-12)13-9-15-8-7-14(13,3)17/h11-13,15,17H,4-10H2,1-3H3. The second-order valence-corrected chi connectivity index (χ2v) is 6.22. The number of hydrogen-bond acceptors (Lipinski definition) is 3. The van der Waals surface area contributed by atoms with Crippen LogP contribution in [0.4, 0.5) is 0 Å². The highest BCUT2D eigenvalue weighted by molar-refractivity contribution is 4.98. The average Bonchev–Trinajstić information content (AvgIpc) is 2.30. The third kappa shape index (κ3) is 2.83. The molecule has 2 aliphatic heterocycles. The Kier molecular flexibility index (Phi) is 4.11. The number of hydrogen-bond donors (Lipinski definition) is 2. The number of piperidine rings is 2. The van der Waals surface area contributed by atoms with Crippen LogP contribution in [0.5, 0.6) is 0 Å². The summed E-state index contributed by atoms with van der Waals surface area (Å²) in [5.74, 6) is 0.823. The van der Waals surface area contributed by atoms with Gasteiger partial charge in [0.05, 0.1) is 11.6 Å². The predicted molar refractivity (Wildman–Crippen MR) is 71.1 cm³/mol. The monoisotopic (exact) mass is 240 g/mol. The van der Waals surface area contributed by atoms with Crippen LogP contribution < -0.4 is 5.32 Å². The fraction of sp³-hybridized carbons (Fsp3) is 1.00. The number of likely N-dealkylation sites (tertiary alicyclic amines) is 1. The van der Waals surface area contributed by atoms with Crippen LogP contribution in [0.3, 0.4) is 0 Å². The third-order valence-corrected chi connectivity index (χ3v) is 4.87. The SMILES string of the molecule is CCC1CCC(C)N(C2CNCCC2(C)O)C1. The van der Waals surface area contributed by atoms with Crippen molar-refractivity contribution in [3.05, 3.63) is 0 Å². The van der Waals surface area contributed by atoms with Gasteiger partial charge < -0.3 is 10.4 Å². The van der Waals surface area contributed by atoms with E-state index in [-0.39, 0.29) is 0 Å². The molecule has 4 unspecified atom stereocenters. The summed E-state index contributed by atoms with van der Waals surface area (Å²) in [5.41, 5.74) is -0.519. The van der Waals surface area contributed by atoms with E-state index in [2.05, 4.69) is 24.1 Å². The van der Waals surface area contributed by atoms with E-state index in [0.717, 1.165) is 25.4 Å². The van der Waals surface area contributed by atoms with Gasteiger partial charge in [0.15, 0.2) is 0 Å². The van der Waals surface area contributed by atoms with Gasteiger partial charge in [-0.1, -0.05) is 13.3 Å². The van der Waals surface area contributed by atoms with Crippen LogP contribution in [0.25, 0.3) is 0 Å². The Morgan fingerprint density at radius 2 is 2.18 bits per heavy atom. The zero-order chi connectivity index (χ0) is 12.5. The van der Waals surface area contributed by atoms with E-state index < -0.39 is 5.60 Å². The highest BCUT2D eigenvalue weighted by atomic mass is 16.3. The van der Waals surface area contributed by atoms with E-state index in [1.54, 1.807) is 0 Å². The molecule has 3 nitrogen and oxygen atoms in total. The Balaban J connectivity index is 2.07. The fourth-order valence-electron chi connectivity index (χ4n) is 3.42. The second-order valence-electron chi connectivity index (χ2n) is 6.22. The van der Waals surface area contributed by atoms with Crippen molar-refractivity contribution in [2.24, 2.45) is 5.92 Å². The Bertz CT molecular complexity index is 255. The maximum Gasteiger partial charge on any atom is 0.0798 e. The summed E-state index contributed by atoms with van der Waals surface area (Å²) in [6.45, 7) is 9.67. The summed E-state index contributed by atoms with van der Waals surface area (Å²) in [5, 5.41) is 14.0. The summed E-state index contributed by atoms with van der Waals surface area (Å²) in [4.78, 5) is 2.56. The zero-order valence-electron chi connectivity index (χ0n) is 11.6. The van der Waals surface area contributed by atoms with Crippen molar-refractivity contribution in [1.82, 2.24) is 10.2 Å². The summed E-state index contributed by atoms with van der Waals surface area (Å²) in [6.07, 6.45) is 4.78. The second kappa shape index (κ2) is 5.25. The lowest BCUT2D eigenvalue weighted by molar-refractivity contribution is -0.0787. The quantitative estimate of drug-likeness (QED) is 0.770. The van der Waals surface area contributed by atoms with E-state index in [0.29, 0.717) is 12.1 Å². The van der Waals surface area contributed by atoms with Crippen LogP contribution in [-0.4, -0.2) is 47.3 Å². The highest BCUT2D eigenvalue weighted by Crippen LogP contribution is 2.31. The maximum atomic E-state index is 10.6. The molecule has 0 radical (unpaired) electrons. The van der Waals surface area contributed by atoms with Crippen molar-refractivity contribution < 1.29 is 5.11 Å². The van der Waals surface area contributed by atoms with Crippen molar-refractivity contribution >= 4 is 0 Å². The van der Waals surface area contributed by atoms with Crippen molar-refractivity contribution in [2.75, 3.05) is 19.6 Å². The Hall–Kier alpha value is -0.120. The maximum absolute atomic E-state index is 10.6. The summed E-state index contributed by atoms with van der Waals surface area (Å²) in [7, 11) is 0. The minimum atomic E-state index is -0.519. The first kappa shape index (κ1) is 13.3. The minimum absolute atomic E-state index is 0.292. The van der Waals surface area contributed by atoms with Gasteiger partial charge in [0.25, 0.3) is 0 Å². The van der Waals surface area contributed by atoms with Gasteiger partial charge in [0.1, 0.15) is 0 Å². The van der Waals surface area contributed by atoms with E-state index in [4.69, 9.17) is 0 Å². The van der Waals surface area contributed by atoms with Crippen LogP contribution in [0.15, 0.2) is 0 Å². The lowest BCUT2D eigenvalue weighted by Crippen LogP contribution is -2.63. The lowest BCUT2D eigenvalue weighted by Gasteiger charge is -2.50. The largest absolute Gasteiger partial charge is 0.388 e. The number of nitrogens with zero attached hydrogens (tertiary/aromatic N) is 1. The first-order valence-corrected chi connectivity index (χ1v) is 7.23. The molecule has 4 atom stereocenters. The molecule has 2 aliphatic rings. The molecule has 2 N–H and O–H groups in total. The molecule has 0 aromatic carbocycles. The molecule has 0 aromatic rings. The summed E-state index contributed by atoms with van der Waals surface area (Å²) < 4.78 is 0. The Labute approximate surface area is 106 Å². The number of aliphatic hydroxyl groups is 1. The van der Waals surface area contributed by atoms with Gasteiger partial charge >= 0.3 is 0 Å². The van der Waals surface area contributed by atoms with Crippen LogP contribution in [-0.2, 0) is 0 Å². The van der Waals surface area contributed by atoms with Crippen LogP contribution in [0, 0.1) is 5.92 Å². The minimum Gasteiger partial charge on any atom is -0.388 e. The first-order valence-electron chi connectivity index (χ1n) is 7.23. The topological polar surface area (TPSA) is 35.5 Å². The molecule has 2 heterocycles. The number of nitrogens with one attached hydrogen (secondary N) is 1. The molecular formula is C14H28N2O. The van der Waals surface area contributed by atoms with Gasteiger partial charge in [-0.05, 0) is 45.6 Å². The van der Waals surface area contributed by atoms with E-state index in [9.17, 15) is 5.11 Å². The zero-order valence-corrected chi connectivity index (χ0v) is 11.6. The van der Waals surface area contributed by atoms with Gasteiger partial charge in [-0.25, -0.2) is 0 Å². The first-order chi connectivity index (χ1) is 8.04. The normalized spacial score (nSPS) is 44.8. The predicted octanol–water partition coefficient (Wildman–Crippen LogP) is 1.61. The van der Waals surface area contributed by atoms with Crippen molar-refractivity contribution in [2.45, 2.75) is 64.1 Å². The molecule has 0 aliphatic carbocycles. The van der Waals surface area contributed by atoms with Gasteiger partial charge in [-0.3, -0.25) is 4.90 Å². The molecule has 3 heteroatoms. The van der Waals surface area contributed by atoms with Gasteiger partial charge in [-0.2, -0.15) is 0 Å². The van der Waals surface area contributed by atoms with E-state index in [1.165, 1.54) is 25.8 Å². The van der Waals surface area contributed by atoms with Crippen molar-refractivity contribution in [3.8, 4) is 0 Å². The van der Waals surface area contributed by atoms with Crippen molar-refractivity contribution in [1.29, 1.82) is 0 Å². The Morgan fingerprint density at radius 3 is 2.82 bits per heavy atom. The van der Waals surface area contributed by atoms with Crippen LogP contribution >= 0.6 is 0 Å². The molecule has 0 aromatic heterocycles. The molecule has 100 valence electrons. The summed E-state index contributed by atoms with van der Waals surface area (Å²) >= 11 is 0. The Morgan fingerprint density at radius 1 is 1.41 bits per heavy atom. The highest BCUT2D eigenvalue weighted by Gasteiger charge is 2.41. The summed E-state index contributed by atoms with van der Waals surface area (Å²) in [6, 6.07) is 0.912. The van der Waals surface area contributed by atoms with Crippen LogP contribution in [0.2, 0.25) is 0 Å². The van der Waals surface area contributed by atoms with Gasteiger partial charge in [-0.15, -0.1) is 0 Å². The van der Waals surface area contributed by atoms with Gasteiger partial charge in [0.2, 0.25) is 0 Å². The molecule has 2 rings (SSSR count). The molecule has 0 bridgehead atoms. The molecule has 0 spiro atoms. The van der Waals surface area contributed by atoms with E-state index >= 15 is 0 Å². The lowest BCUT2D eigenvalue weighted by atomic mass is 9.83. The van der Waals surface area contributed by atoms with Crippen molar-refractivity contribution in [3.63, 3.8) is 0 Å². The average molecular weight is 240 g/mol. The molecular weight excluding hydrogens is 212 g/mol.